The number of fused-ring (bicyclic) bond motifs is 1. The second kappa shape index (κ2) is 4.94. The number of piperidine rings is 1. The van der Waals surface area contributed by atoms with Crippen LogP contribution in [0, 0.1) is 5.92 Å². The lowest BCUT2D eigenvalue weighted by molar-refractivity contribution is 0.208. The van der Waals surface area contributed by atoms with Gasteiger partial charge in [-0.1, -0.05) is 24.3 Å². The molecule has 18 heavy (non-hydrogen) atoms. The molecule has 0 radical (unpaired) electrons. The summed E-state index contributed by atoms with van der Waals surface area (Å²) < 4.78 is 0. The van der Waals surface area contributed by atoms with Gasteiger partial charge in [0, 0.05) is 31.3 Å². The Morgan fingerprint density at radius 2 is 2.17 bits per heavy atom. The largest absolute Gasteiger partial charge is 0.396 e. The van der Waals surface area contributed by atoms with E-state index in [1.807, 2.05) is 12.3 Å². The number of hydrogen-bond donors (Lipinski definition) is 1. The lowest BCUT2D eigenvalue weighted by atomic mass is 9.98. The molecule has 0 aliphatic carbocycles. The van der Waals surface area contributed by atoms with Crippen LogP contribution in [0.15, 0.2) is 36.5 Å². The molecule has 1 aromatic carbocycles. The molecular formula is C15H18N2O. The molecule has 0 amide bonds. The molecule has 1 atom stereocenters. The van der Waals surface area contributed by atoms with E-state index < -0.39 is 0 Å². The smallest absolute Gasteiger partial charge is 0.136 e. The van der Waals surface area contributed by atoms with Gasteiger partial charge >= 0.3 is 0 Å². The number of rotatable bonds is 2. The molecule has 1 aliphatic heterocycles. The normalized spacial score (nSPS) is 20.3. The van der Waals surface area contributed by atoms with Gasteiger partial charge in [-0.3, -0.25) is 0 Å². The zero-order valence-electron chi connectivity index (χ0n) is 10.4. The third kappa shape index (κ3) is 2.06. The summed E-state index contributed by atoms with van der Waals surface area (Å²) in [5.41, 5.74) is 0. The molecule has 1 fully saturated rings. The van der Waals surface area contributed by atoms with Gasteiger partial charge in [-0.15, -0.1) is 0 Å². The number of benzene rings is 1. The number of hydrogen-bond acceptors (Lipinski definition) is 3. The highest BCUT2D eigenvalue weighted by atomic mass is 16.3. The van der Waals surface area contributed by atoms with Crippen LogP contribution in [0.3, 0.4) is 0 Å². The predicted molar refractivity (Wildman–Crippen MR) is 73.8 cm³/mol. The number of nitrogens with zero attached hydrogens (tertiary/aromatic N) is 2. The van der Waals surface area contributed by atoms with E-state index >= 15 is 0 Å². The molecule has 1 N–H and O–H groups in total. The lowest BCUT2D eigenvalue weighted by Crippen LogP contribution is -2.37. The van der Waals surface area contributed by atoms with Crippen molar-refractivity contribution in [2.45, 2.75) is 12.8 Å². The van der Waals surface area contributed by atoms with Crippen LogP contribution >= 0.6 is 0 Å². The van der Waals surface area contributed by atoms with Crippen LogP contribution in [0.2, 0.25) is 0 Å². The Hall–Kier alpha value is -1.61. The van der Waals surface area contributed by atoms with E-state index in [1.165, 1.54) is 10.8 Å². The fraction of sp³-hybridized carbons (Fsp3) is 0.400. The highest BCUT2D eigenvalue weighted by molar-refractivity contribution is 5.92. The minimum absolute atomic E-state index is 0.279. The van der Waals surface area contributed by atoms with E-state index in [4.69, 9.17) is 0 Å². The Labute approximate surface area is 107 Å². The number of aromatic nitrogens is 1. The zero-order valence-corrected chi connectivity index (χ0v) is 10.4. The quantitative estimate of drug-likeness (QED) is 0.878. The molecular weight excluding hydrogens is 224 g/mol. The molecule has 0 spiro atoms. The molecule has 1 unspecified atom stereocenters. The van der Waals surface area contributed by atoms with E-state index in [0.29, 0.717) is 5.92 Å². The summed E-state index contributed by atoms with van der Waals surface area (Å²) in [7, 11) is 0. The van der Waals surface area contributed by atoms with Crippen molar-refractivity contribution in [3.63, 3.8) is 0 Å². The van der Waals surface area contributed by atoms with Gasteiger partial charge in [0.2, 0.25) is 0 Å². The molecule has 0 bridgehead atoms. The lowest BCUT2D eigenvalue weighted by Gasteiger charge is -2.33. The van der Waals surface area contributed by atoms with Gasteiger partial charge in [-0.2, -0.15) is 0 Å². The molecule has 3 heteroatoms. The van der Waals surface area contributed by atoms with E-state index in [0.717, 1.165) is 31.7 Å². The van der Waals surface area contributed by atoms with Crippen molar-refractivity contribution in [3.8, 4) is 0 Å². The maximum absolute atomic E-state index is 9.32. The average molecular weight is 242 g/mol. The molecule has 94 valence electrons. The Bertz CT molecular complexity index is 536. The summed E-state index contributed by atoms with van der Waals surface area (Å²) in [6.45, 7) is 2.23. The summed E-state index contributed by atoms with van der Waals surface area (Å²) in [5, 5.41) is 11.8. The standard InChI is InChI=1S/C15H18N2O/c18-11-12-4-3-9-17(10-12)15-14-6-2-1-5-13(14)7-8-16-15/h1-2,5-8,12,18H,3-4,9-11H2. The van der Waals surface area contributed by atoms with Gasteiger partial charge in [0.1, 0.15) is 5.82 Å². The van der Waals surface area contributed by atoms with Crippen LogP contribution in [-0.4, -0.2) is 29.8 Å². The van der Waals surface area contributed by atoms with Crippen LogP contribution < -0.4 is 4.90 Å². The van der Waals surface area contributed by atoms with Gasteiger partial charge in [-0.25, -0.2) is 4.98 Å². The summed E-state index contributed by atoms with van der Waals surface area (Å²) in [6, 6.07) is 10.4. The number of aliphatic hydroxyl groups is 1. The number of anilines is 1. The van der Waals surface area contributed by atoms with Gasteiger partial charge in [-0.05, 0) is 30.2 Å². The maximum atomic E-state index is 9.32. The van der Waals surface area contributed by atoms with E-state index in [-0.39, 0.29) is 6.61 Å². The second-order valence-electron chi connectivity index (χ2n) is 4.99. The van der Waals surface area contributed by atoms with E-state index in [2.05, 4.69) is 34.1 Å². The fourth-order valence-electron chi connectivity index (χ4n) is 2.76. The molecule has 1 saturated heterocycles. The third-order valence-corrected chi connectivity index (χ3v) is 3.73. The second-order valence-corrected chi connectivity index (χ2v) is 4.99. The predicted octanol–water partition coefficient (Wildman–Crippen LogP) is 2.44. The van der Waals surface area contributed by atoms with E-state index in [1.54, 1.807) is 0 Å². The van der Waals surface area contributed by atoms with E-state index in [9.17, 15) is 5.11 Å². The molecule has 2 aromatic rings. The topological polar surface area (TPSA) is 36.4 Å². The maximum Gasteiger partial charge on any atom is 0.136 e. The summed E-state index contributed by atoms with van der Waals surface area (Å²) in [5.74, 6) is 1.45. The van der Waals surface area contributed by atoms with Crippen molar-refractivity contribution in [1.82, 2.24) is 4.98 Å². The molecule has 3 rings (SSSR count). The zero-order chi connectivity index (χ0) is 12.4. The van der Waals surface area contributed by atoms with Crippen molar-refractivity contribution in [3.05, 3.63) is 36.5 Å². The number of pyridine rings is 1. The van der Waals surface area contributed by atoms with Crippen LogP contribution in [0.1, 0.15) is 12.8 Å². The van der Waals surface area contributed by atoms with Gasteiger partial charge in [0.05, 0.1) is 0 Å². The highest BCUT2D eigenvalue weighted by Gasteiger charge is 2.21. The van der Waals surface area contributed by atoms with Crippen molar-refractivity contribution < 1.29 is 5.11 Å². The minimum atomic E-state index is 0.279. The summed E-state index contributed by atoms with van der Waals surface area (Å²) >= 11 is 0. The van der Waals surface area contributed by atoms with Crippen molar-refractivity contribution in [1.29, 1.82) is 0 Å². The molecule has 0 saturated carbocycles. The van der Waals surface area contributed by atoms with Gasteiger partial charge in [0.15, 0.2) is 0 Å². The Kier molecular flexibility index (Phi) is 3.15. The Morgan fingerprint density at radius 3 is 3.06 bits per heavy atom. The molecule has 2 heterocycles. The SMILES string of the molecule is OCC1CCCN(c2nccc3ccccc23)C1. The molecule has 3 nitrogen and oxygen atoms in total. The summed E-state index contributed by atoms with van der Waals surface area (Å²) in [6.07, 6.45) is 4.13. The van der Waals surface area contributed by atoms with Crippen LogP contribution in [0.5, 0.6) is 0 Å². The first-order chi connectivity index (χ1) is 8.88. The minimum Gasteiger partial charge on any atom is -0.396 e. The Balaban J connectivity index is 1.98. The Morgan fingerprint density at radius 1 is 1.28 bits per heavy atom. The molecule has 1 aromatic heterocycles. The van der Waals surface area contributed by atoms with Gasteiger partial charge in [0.25, 0.3) is 0 Å². The van der Waals surface area contributed by atoms with Crippen molar-refractivity contribution in [2.24, 2.45) is 5.92 Å². The monoisotopic (exact) mass is 242 g/mol. The first-order valence-electron chi connectivity index (χ1n) is 6.58. The third-order valence-electron chi connectivity index (χ3n) is 3.73. The average Bonchev–Trinajstić information content (AvgIpc) is 2.47. The van der Waals surface area contributed by atoms with Gasteiger partial charge < -0.3 is 10.0 Å². The number of aliphatic hydroxyl groups excluding tert-OH is 1. The highest BCUT2D eigenvalue weighted by Crippen LogP contribution is 2.27. The first-order valence-corrected chi connectivity index (χ1v) is 6.58. The van der Waals surface area contributed by atoms with Crippen LogP contribution in [-0.2, 0) is 0 Å². The van der Waals surface area contributed by atoms with Crippen molar-refractivity contribution >= 4 is 16.6 Å². The summed E-state index contributed by atoms with van der Waals surface area (Å²) in [4.78, 5) is 6.86. The fourth-order valence-corrected chi connectivity index (χ4v) is 2.76. The molecule has 1 aliphatic rings. The van der Waals surface area contributed by atoms with Crippen LogP contribution in [0.25, 0.3) is 10.8 Å². The van der Waals surface area contributed by atoms with Crippen LogP contribution in [0.4, 0.5) is 5.82 Å². The first kappa shape index (κ1) is 11.5. The van der Waals surface area contributed by atoms with Crippen molar-refractivity contribution in [2.75, 3.05) is 24.6 Å².